The van der Waals surface area contributed by atoms with Crippen LogP contribution >= 0.6 is 0 Å². The van der Waals surface area contributed by atoms with E-state index in [-0.39, 0.29) is 23.7 Å². The highest BCUT2D eigenvalue weighted by Gasteiger charge is 2.41. The van der Waals surface area contributed by atoms with E-state index in [2.05, 4.69) is 72.2 Å². The van der Waals surface area contributed by atoms with Crippen LogP contribution in [-0.2, 0) is 18.6 Å². The van der Waals surface area contributed by atoms with Gasteiger partial charge in [0.25, 0.3) is 0 Å². The number of rotatable bonds is 9. The molecule has 0 radical (unpaired) electrons. The molecule has 1 aliphatic heterocycles. The van der Waals surface area contributed by atoms with Crippen molar-refractivity contribution in [2.45, 2.75) is 103 Å². The fraction of sp³-hybridized carbons (Fsp3) is 0.909. The number of hydrogen-bond donors (Lipinski definition) is 0. The Morgan fingerprint density at radius 3 is 1.89 bits per heavy atom. The Kier molecular flexibility index (Phi) is 9.63. The third-order valence-corrected chi connectivity index (χ3v) is 11.9. The maximum absolute atomic E-state index is 6.95. The maximum atomic E-state index is 6.95. The minimum atomic E-state index is -1.86. The fourth-order valence-electron chi connectivity index (χ4n) is 3.24. The van der Waals surface area contributed by atoms with Crippen molar-refractivity contribution in [3.8, 4) is 0 Å². The third-order valence-electron chi connectivity index (χ3n) is 6.18. The highest BCUT2D eigenvalue weighted by atomic mass is 28.4. The molecule has 0 spiro atoms. The Balaban J connectivity index is 3.01. The van der Waals surface area contributed by atoms with Gasteiger partial charge in [-0.05, 0) is 36.4 Å². The summed E-state index contributed by atoms with van der Waals surface area (Å²) >= 11 is 0. The summed E-state index contributed by atoms with van der Waals surface area (Å²) in [5, 5.41) is 0.202. The van der Waals surface area contributed by atoms with Crippen LogP contribution in [0.25, 0.3) is 0 Å². The SMILES string of the molecule is CO[C@@H]1CC(C[C@@H](O[Si](C)(C)C(C)(C)C)[C@H](C)/C=C/[Si](C)(C)C)C[C@@H](OC)O1. The van der Waals surface area contributed by atoms with E-state index in [0.29, 0.717) is 11.8 Å². The molecule has 1 saturated heterocycles. The molecule has 0 bridgehead atoms. The lowest BCUT2D eigenvalue weighted by molar-refractivity contribution is -0.264. The van der Waals surface area contributed by atoms with E-state index in [1.54, 1.807) is 14.2 Å². The Hall–Kier alpha value is 0.0138. The van der Waals surface area contributed by atoms with Gasteiger partial charge in [0.2, 0.25) is 0 Å². The van der Waals surface area contributed by atoms with Crippen LogP contribution in [-0.4, -0.2) is 49.3 Å². The summed E-state index contributed by atoms with van der Waals surface area (Å²) in [4.78, 5) is 0. The summed E-state index contributed by atoms with van der Waals surface area (Å²) < 4.78 is 23.8. The van der Waals surface area contributed by atoms with Gasteiger partial charge in [-0.25, -0.2) is 0 Å². The first-order valence-corrected chi connectivity index (χ1v) is 17.3. The second-order valence-corrected chi connectivity index (χ2v) is 20.9. The smallest absolute Gasteiger partial charge is 0.192 e. The molecule has 4 atom stereocenters. The summed E-state index contributed by atoms with van der Waals surface area (Å²) in [5.74, 6) is 0.867. The molecule has 1 heterocycles. The zero-order valence-corrected chi connectivity index (χ0v) is 22.3. The zero-order valence-electron chi connectivity index (χ0n) is 20.3. The van der Waals surface area contributed by atoms with Crippen LogP contribution in [0.4, 0.5) is 0 Å². The van der Waals surface area contributed by atoms with Gasteiger partial charge in [0.1, 0.15) is 0 Å². The molecule has 0 aliphatic carbocycles. The van der Waals surface area contributed by atoms with Crippen molar-refractivity contribution in [3.05, 3.63) is 11.8 Å². The van der Waals surface area contributed by atoms with E-state index in [1.165, 1.54) is 0 Å². The number of hydrogen-bond acceptors (Lipinski definition) is 4. The molecule has 0 saturated carbocycles. The number of methoxy groups -OCH3 is 2. The summed E-state index contributed by atoms with van der Waals surface area (Å²) in [5.41, 5.74) is 2.46. The van der Waals surface area contributed by atoms with E-state index in [1.807, 2.05) is 0 Å². The molecule has 28 heavy (non-hydrogen) atoms. The quantitative estimate of drug-likeness (QED) is 0.408. The molecule has 166 valence electrons. The van der Waals surface area contributed by atoms with Crippen molar-refractivity contribution >= 4 is 16.4 Å². The lowest BCUT2D eigenvalue weighted by Gasteiger charge is -2.42. The summed E-state index contributed by atoms with van der Waals surface area (Å²) in [6.07, 6.45) is 5.07. The first kappa shape index (κ1) is 26.0. The molecule has 1 rings (SSSR count). The van der Waals surface area contributed by atoms with Gasteiger partial charge < -0.3 is 18.6 Å². The molecule has 0 aromatic rings. The average Bonchev–Trinajstić information content (AvgIpc) is 2.56. The van der Waals surface area contributed by atoms with Crippen molar-refractivity contribution in [3.63, 3.8) is 0 Å². The monoisotopic (exact) mass is 430 g/mol. The molecule has 1 aliphatic rings. The minimum Gasteiger partial charge on any atom is -0.413 e. The topological polar surface area (TPSA) is 36.9 Å². The third kappa shape index (κ3) is 8.40. The van der Waals surface area contributed by atoms with Crippen molar-refractivity contribution in [1.29, 1.82) is 0 Å². The highest BCUT2D eigenvalue weighted by Crippen LogP contribution is 2.40. The largest absolute Gasteiger partial charge is 0.413 e. The lowest BCUT2D eigenvalue weighted by atomic mass is 9.88. The van der Waals surface area contributed by atoms with Gasteiger partial charge in [0.05, 0.1) is 14.2 Å². The molecule has 0 amide bonds. The Labute approximate surface area is 176 Å². The van der Waals surface area contributed by atoms with Gasteiger partial charge in [-0.15, -0.1) is 0 Å². The van der Waals surface area contributed by atoms with Crippen molar-refractivity contribution in [2.24, 2.45) is 11.8 Å². The van der Waals surface area contributed by atoms with Crippen molar-refractivity contribution in [1.82, 2.24) is 0 Å². The first-order valence-electron chi connectivity index (χ1n) is 10.8. The van der Waals surface area contributed by atoms with Crippen LogP contribution in [0.3, 0.4) is 0 Å². The van der Waals surface area contributed by atoms with Gasteiger partial charge in [0, 0.05) is 27.1 Å². The normalized spacial score (nSPS) is 27.2. The van der Waals surface area contributed by atoms with Crippen LogP contribution in [0.1, 0.15) is 47.0 Å². The van der Waals surface area contributed by atoms with Crippen LogP contribution in [0.5, 0.6) is 0 Å². The Morgan fingerprint density at radius 1 is 1.00 bits per heavy atom. The van der Waals surface area contributed by atoms with Gasteiger partial charge in [-0.3, -0.25) is 0 Å². The molecule has 0 aromatic heterocycles. The molecule has 1 fully saturated rings. The minimum absolute atomic E-state index is 0.190. The van der Waals surface area contributed by atoms with E-state index in [9.17, 15) is 0 Å². The van der Waals surface area contributed by atoms with Crippen LogP contribution in [0.2, 0.25) is 37.8 Å². The van der Waals surface area contributed by atoms with Crippen molar-refractivity contribution in [2.75, 3.05) is 14.2 Å². The molecule has 4 nitrogen and oxygen atoms in total. The molecule has 0 N–H and O–H groups in total. The summed E-state index contributed by atoms with van der Waals surface area (Å²) in [6.45, 7) is 21.1. The predicted molar refractivity (Wildman–Crippen MR) is 124 cm³/mol. The van der Waals surface area contributed by atoms with E-state index in [4.69, 9.17) is 18.6 Å². The summed E-state index contributed by atoms with van der Waals surface area (Å²) in [7, 11) is 0.333. The van der Waals surface area contributed by atoms with Crippen LogP contribution in [0.15, 0.2) is 11.8 Å². The van der Waals surface area contributed by atoms with Crippen LogP contribution in [0, 0.1) is 11.8 Å². The fourth-order valence-corrected chi connectivity index (χ4v) is 5.54. The molecule has 6 heteroatoms. The van der Waals surface area contributed by atoms with Gasteiger partial charge >= 0.3 is 0 Å². The van der Waals surface area contributed by atoms with E-state index in [0.717, 1.165) is 19.3 Å². The van der Waals surface area contributed by atoms with E-state index >= 15 is 0 Å². The second kappa shape index (κ2) is 10.4. The highest BCUT2D eigenvalue weighted by molar-refractivity contribution is 6.80. The number of ether oxygens (including phenoxy) is 3. The average molecular weight is 431 g/mol. The van der Waals surface area contributed by atoms with Gasteiger partial charge in [-0.1, -0.05) is 59.1 Å². The Bertz CT molecular complexity index is 482. The maximum Gasteiger partial charge on any atom is 0.192 e. The summed E-state index contributed by atoms with van der Waals surface area (Å²) in [6, 6.07) is 0. The first-order chi connectivity index (χ1) is 12.7. The van der Waals surface area contributed by atoms with Crippen LogP contribution < -0.4 is 0 Å². The van der Waals surface area contributed by atoms with Gasteiger partial charge in [0.15, 0.2) is 20.9 Å². The van der Waals surface area contributed by atoms with Crippen molar-refractivity contribution < 1.29 is 18.6 Å². The van der Waals surface area contributed by atoms with Gasteiger partial charge in [-0.2, -0.15) is 0 Å². The molecule has 0 unspecified atom stereocenters. The zero-order chi connectivity index (χ0) is 21.8. The second-order valence-electron chi connectivity index (χ2n) is 11.0. The lowest BCUT2D eigenvalue weighted by Crippen LogP contribution is -2.46. The molecule has 0 aromatic carbocycles. The molecular weight excluding hydrogens is 384 g/mol. The standard InChI is InChI=1S/C22H46O4Si2/c1-17(12-13-27(7,8)9)19(26-28(10,11)22(2,3)4)14-18-15-20(23-5)25-21(16-18)24-6/h12-13,17-21H,14-16H2,1-11H3/b13-12+/t17-,19-,20+,21+/m1/s1. The van der Waals surface area contributed by atoms with E-state index < -0.39 is 16.4 Å². The molecular formula is C22H46O4Si2. The Morgan fingerprint density at radius 2 is 1.50 bits per heavy atom. The predicted octanol–water partition coefficient (Wildman–Crippen LogP) is 6.21.